The highest BCUT2D eigenvalue weighted by molar-refractivity contribution is 5.90. The third-order valence-corrected chi connectivity index (χ3v) is 5.93. The van der Waals surface area contributed by atoms with E-state index in [1.54, 1.807) is 12.1 Å². The Labute approximate surface area is 197 Å². The Balaban J connectivity index is 1.37. The minimum atomic E-state index is -0.545. The van der Waals surface area contributed by atoms with Crippen LogP contribution in [0.5, 0.6) is 0 Å². The van der Waals surface area contributed by atoms with E-state index in [1.165, 1.54) is 23.0 Å². The molecule has 8 nitrogen and oxygen atoms in total. The number of hydrogen-bond donors (Lipinski definition) is 0. The minimum absolute atomic E-state index is 0.0339. The molecule has 0 aromatic heterocycles. The van der Waals surface area contributed by atoms with Crippen molar-refractivity contribution < 1.29 is 28.3 Å². The Morgan fingerprint density at radius 3 is 2.62 bits per heavy atom. The van der Waals surface area contributed by atoms with Crippen molar-refractivity contribution in [3.05, 3.63) is 59.9 Å². The lowest BCUT2D eigenvalue weighted by Crippen LogP contribution is -2.35. The van der Waals surface area contributed by atoms with Gasteiger partial charge in [-0.15, -0.1) is 0 Å². The fraction of sp³-hybridized carbons (Fsp3) is 0.400. The predicted molar refractivity (Wildman–Crippen MR) is 124 cm³/mol. The summed E-state index contributed by atoms with van der Waals surface area (Å²) in [7, 11) is 0. The summed E-state index contributed by atoms with van der Waals surface area (Å²) in [5, 5.41) is 1.35. The summed E-state index contributed by atoms with van der Waals surface area (Å²) in [4.78, 5) is 44.9. The van der Waals surface area contributed by atoms with Gasteiger partial charge in [-0.05, 0) is 37.1 Å². The van der Waals surface area contributed by atoms with Crippen molar-refractivity contribution in [3.8, 4) is 0 Å². The average Bonchev–Trinajstić information content (AvgIpc) is 3.02. The molecule has 2 aromatic carbocycles. The van der Waals surface area contributed by atoms with E-state index < -0.39 is 11.9 Å². The van der Waals surface area contributed by atoms with E-state index in [2.05, 4.69) is 0 Å². The molecule has 0 aliphatic carbocycles. The molecule has 0 saturated carbocycles. The van der Waals surface area contributed by atoms with Crippen molar-refractivity contribution >= 4 is 29.2 Å². The van der Waals surface area contributed by atoms with Crippen molar-refractivity contribution in [2.24, 2.45) is 0 Å². The van der Waals surface area contributed by atoms with Gasteiger partial charge in [-0.2, -0.15) is 0 Å². The third-order valence-electron chi connectivity index (χ3n) is 5.93. The number of hydrogen-bond acceptors (Lipinski definition) is 6. The second-order valence-electron chi connectivity index (χ2n) is 8.47. The molecule has 34 heavy (non-hydrogen) atoms. The Bertz CT molecular complexity index is 1050. The fourth-order valence-electron chi connectivity index (χ4n) is 4.11. The summed E-state index contributed by atoms with van der Waals surface area (Å²) in [6.45, 7) is 3.16. The molecule has 2 aromatic rings. The van der Waals surface area contributed by atoms with Gasteiger partial charge >= 0.3 is 6.09 Å². The van der Waals surface area contributed by atoms with Gasteiger partial charge in [-0.25, -0.2) is 14.2 Å². The van der Waals surface area contributed by atoms with Gasteiger partial charge in [-0.3, -0.25) is 14.5 Å². The van der Waals surface area contributed by atoms with E-state index in [-0.39, 0.29) is 37.4 Å². The number of cyclic esters (lactones) is 1. The van der Waals surface area contributed by atoms with Gasteiger partial charge in [0.1, 0.15) is 17.7 Å². The highest BCUT2D eigenvalue weighted by Gasteiger charge is 2.33. The van der Waals surface area contributed by atoms with E-state index in [4.69, 9.17) is 9.57 Å². The van der Waals surface area contributed by atoms with Crippen molar-refractivity contribution in [2.45, 2.75) is 32.3 Å². The first-order valence-corrected chi connectivity index (χ1v) is 11.4. The van der Waals surface area contributed by atoms with Crippen LogP contribution in [-0.4, -0.2) is 61.7 Å². The van der Waals surface area contributed by atoms with E-state index in [0.717, 1.165) is 5.56 Å². The van der Waals surface area contributed by atoms with Crippen LogP contribution >= 0.6 is 0 Å². The number of halogens is 1. The molecule has 0 unspecified atom stereocenters. The number of rotatable bonds is 7. The smallest absolute Gasteiger partial charge is 0.414 e. The lowest BCUT2D eigenvalue weighted by molar-refractivity contribution is -0.181. The number of Topliss-reactive ketones (excluding diaryl/α,β-unsaturated/α-hetero) is 1. The maximum atomic E-state index is 15.1. The van der Waals surface area contributed by atoms with Gasteiger partial charge in [0.25, 0.3) is 5.91 Å². The minimum Gasteiger partial charge on any atom is -0.444 e. The number of hydroxylamine groups is 2. The highest BCUT2D eigenvalue weighted by Crippen LogP contribution is 2.29. The van der Waals surface area contributed by atoms with Gasteiger partial charge in [-0.1, -0.05) is 30.3 Å². The Morgan fingerprint density at radius 2 is 1.88 bits per heavy atom. The molecular weight excluding hydrogens is 441 g/mol. The fourth-order valence-corrected chi connectivity index (χ4v) is 4.11. The second-order valence-corrected chi connectivity index (χ2v) is 8.47. The summed E-state index contributed by atoms with van der Waals surface area (Å²) in [6, 6.07) is 14.1. The molecule has 4 rings (SSSR count). The molecule has 2 aliphatic rings. The van der Waals surface area contributed by atoms with E-state index in [0.29, 0.717) is 43.9 Å². The zero-order valence-corrected chi connectivity index (χ0v) is 19.1. The first-order valence-electron chi connectivity index (χ1n) is 11.4. The monoisotopic (exact) mass is 469 g/mol. The maximum Gasteiger partial charge on any atom is 0.414 e. The van der Waals surface area contributed by atoms with Crippen molar-refractivity contribution in [2.75, 3.05) is 42.6 Å². The number of ether oxygens (including phenoxy) is 1. The van der Waals surface area contributed by atoms with Gasteiger partial charge in [0.2, 0.25) is 0 Å². The summed E-state index contributed by atoms with van der Waals surface area (Å²) in [5.74, 6) is -0.580. The van der Waals surface area contributed by atoms with E-state index in [1.807, 2.05) is 35.2 Å². The summed E-state index contributed by atoms with van der Waals surface area (Å²) in [6.07, 6.45) is 0.0908. The maximum absolute atomic E-state index is 15.1. The molecule has 1 atom stereocenters. The molecular formula is C25H28FN3O5. The second kappa shape index (κ2) is 10.6. The number of nitrogens with zero attached hydrogens (tertiary/aromatic N) is 3. The molecule has 0 spiro atoms. The quantitative estimate of drug-likeness (QED) is 0.619. The van der Waals surface area contributed by atoms with E-state index >= 15 is 4.39 Å². The van der Waals surface area contributed by atoms with Gasteiger partial charge in [0.05, 0.1) is 37.5 Å². The lowest BCUT2D eigenvalue weighted by atomic mass is 10.1. The SMILES string of the molecule is CC(=O)CC[C@H]1CN(c2ccc(N3CCON(C(=O)Cc4ccccc4)CC3)c(F)c2)C(=O)O1. The molecule has 2 saturated heterocycles. The summed E-state index contributed by atoms with van der Waals surface area (Å²) in [5.41, 5.74) is 1.69. The standard InChI is InChI=1S/C25H28FN3O5/c1-18(30)7-9-21-17-28(25(32)34-21)20-8-10-23(22(26)16-20)27-11-12-29(33-14-13-27)24(31)15-19-5-3-2-4-6-19/h2-6,8,10,16,21H,7,9,11-15,17H2,1H3/t21-/m0/s1. The Morgan fingerprint density at radius 1 is 1.09 bits per heavy atom. The zero-order chi connectivity index (χ0) is 24.1. The molecule has 180 valence electrons. The highest BCUT2D eigenvalue weighted by atomic mass is 19.1. The van der Waals surface area contributed by atoms with Crippen LogP contribution in [0.4, 0.5) is 20.6 Å². The van der Waals surface area contributed by atoms with Gasteiger partial charge in [0, 0.05) is 19.5 Å². The molecule has 2 aliphatic heterocycles. The molecule has 0 bridgehead atoms. The number of ketones is 1. The number of amides is 2. The van der Waals surface area contributed by atoms with Crippen LogP contribution in [-0.2, 0) is 25.6 Å². The number of carbonyl (C=O) groups is 3. The third kappa shape index (κ3) is 5.72. The van der Waals surface area contributed by atoms with Crippen LogP contribution in [0.25, 0.3) is 0 Å². The van der Waals surface area contributed by atoms with Crippen molar-refractivity contribution in [1.29, 1.82) is 0 Å². The Hall–Kier alpha value is -3.46. The van der Waals surface area contributed by atoms with Crippen LogP contribution < -0.4 is 9.80 Å². The first kappa shape index (κ1) is 23.7. The Kier molecular flexibility index (Phi) is 7.42. The first-order chi connectivity index (χ1) is 16.4. The number of carbonyl (C=O) groups excluding carboxylic acids is 3. The van der Waals surface area contributed by atoms with Gasteiger partial charge < -0.3 is 14.4 Å². The van der Waals surface area contributed by atoms with Crippen LogP contribution in [0, 0.1) is 5.82 Å². The summed E-state index contributed by atoms with van der Waals surface area (Å²) < 4.78 is 20.4. The zero-order valence-electron chi connectivity index (χ0n) is 19.1. The predicted octanol–water partition coefficient (Wildman–Crippen LogP) is 3.34. The molecule has 9 heteroatoms. The van der Waals surface area contributed by atoms with Crippen LogP contribution in [0.15, 0.2) is 48.5 Å². The average molecular weight is 470 g/mol. The van der Waals surface area contributed by atoms with Gasteiger partial charge in [0.15, 0.2) is 0 Å². The molecule has 2 heterocycles. The normalized spacial score (nSPS) is 18.6. The number of benzene rings is 2. The molecule has 0 radical (unpaired) electrons. The van der Waals surface area contributed by atoms with Crippen LogP contribution in [0.3, 0.4) is 0 Å². The largest absolute Gasteiger partial charge is 0.444 e. The topological polar surface area (TPSA) is 79.4 Å². The van der Waals surface area contributed by atoms with Crippen molar-refractivity contribution in [1.82, 2.24) is 5.06 Å². The number of anilines is 2. The summed E-state index contributed by atoms with van der Waals surface area (Å²) >= 11 is 0. The van der Waals surface area contributed by atoms with Crippen LogP contribution in [0.1, 0.15) is 25.3 Å². The van der Waals surface area contributed by atoms with Crippen molar-refractivity contribution in [3.63, 3.8) is 0 Å². The van der Waals surface area contributed by atoms with Crippen LogP contribution in [0.2, 0.25) is 0 Å². The lowest BCUT2D eigenvalue weighted by Gasteiger charge is -2.24. The molecule has 2 amide bonds. The van der Waals surface area contributed by atoms with E-state index in [9.17, 15) is 14.4 Å². The molecule has 0 N–H and O–H groups in total. The molecule has 2 fully saturated rings.